The number of H-pyrrole nitrogens is 1. The number of nitrogens with one attached hydrogen (secondary N) is 2. The van der Waals surface area contributed by atoms with Crippen LogP contribution in [0.25, 0.3) is 0 Å². The molecule has 2 fully saturated rings. The number of morpholine rings is 1. The predicted octanol–water partition coefficient (Wildman–Crippen LogP) is 2.32. The van der Waals surface area contributed by atoms with E-state index in [1.165, 1.54) is 10.5 Å². The van der Waals surface area contributed by atoms with E-state index >= 15 is 0 Å². The lowest BCUT2D eigenvalue weighted by Crippen LogP contribution is -2.35. The van der Waals surface area contributed by atoms with Crippen LogP contribution in [0.4, 0.5) is 10.5 Å². The molecule has 1 aromatic heterocycles. The minimum absolute atomic E-state index is 0.0274. The molecule has 5 rings (SSSR count). The van der Waals surface area contributed by atoms with Crippen molar-refractivity contribution in [3.05, 3.63) is 52.8 Å². The molecule has 3 aliphatic rings. The second-order valence-electron chi connectivity index (χ2n) is 8.12. The Morgan fingerprint density at radius 2 is 1.90 bits per heavy atom. The van der Waals surface area contributed by atoms with Crippen LogP contribution in [0.3, 0.4) is 0 Å². The number of carbonyl (C=O) groups is 3. The van der Waals surface area contributed by atoms with Gasteiger partial charge < -0.3 is 15.0 Å². The molecule has 0 spiro atoms. The summed E-state index contributed by atoms with van der Waals surface area (Å²) in [4.78, 5) is 43.4. The number of nitrogens with zero attached hydrogens (tertiary/aromatic N) is 2. The predicted molar refractivity (Wildman–Crippen MR) is 117 cm³/mol. The van der Waals surface area contributed by atoms with Gasteiger partial charge in [0.15, 0.2) is 0 Å². The van der Waals surface area contributed by atoms with Crippen LogP contribution in [0.1, 0.15) is 28.3 Å². The maximum atomic E-state index is 12.7. The van der Waals surface area contributed by atoms with Crippen LogP contribution in [0.15, 0.2) is 30.5 Å². The number of hydrogen-bond donors (Lipinski definition) is 2. The number of aromatic amines is 1. The van der Waals surface area contributed by atoms with E-state index in [4.69, 9.17) is 4.74 Å². The average molecular weight is 441 g/mol. The molecule has 0 unspecified atom stereocenters. The van der Waals surface area contributed by atoms with Crippen molar-refractivity contribution in [2.24, 2.45) is 0 Å². The van der Waals surface area contributed by atoms with E-state index in [-0.39, 0.29) is 35.3 Å². The number of anilines is 1. The third-order valence-electron chi connectivity index (χ3n) is 5.98. The number of rotatable bonds is 6. The van der Waals surface area contributed by atoms with Crippen molar-refractivity contribution in [3.63, 3.8) is 0 Å². The average Bonchev–Trinajstić information content (AvgIpc) is 3.43. The van der Waals surface area contributed by atoms with Crippen LogP contribution in [0.5, 0.6) is 0 Å². The summed E-state index contributed by atoms with van der Waals surface area (Å²) in [5.74, 6) is -0.295. The molecule has 0 saturated carbocycles. The first kappa shape index (κ1) is 20.3. The number of hydrogen-bond acceptors (Lipinski definition) is 6. The maximum Gasteiger partial charge on any atom is 0.289 e. The lowest BCUT2D eigenvalue weighted by Gasteiger charge is -2.26. The summed E-state index contributed by atoms with van der Waals surface area (Å²) in [5.41, 5.74) is 4.78. The van der Waals surface area contributed by atoms with Gasteiger partial charge >= 0.3 is 0 Å². The first-order valence-corrected chi connectivity index (χ1v) is 11.4. The van der Waals surface area contributed by atoms with E-state index in [9.17, 15) is 14.4 Å². The lowest BCUT2D eigenvalue weighted by molar-refractivity contribution is -0.125. The zero-order chi connectivity index (χ0) is 21.4. The Labute approximate surface area is 184 Å². The lowest BCUT2D eigenvalue weighted by atomic mass is 9.94. The third kappa shape index (κ3) is 4.26. The van der Waals surface area contributed by atoms with Gasteiger partial charge in [-0.2, -0.15) is 0 Å². The molecule has 2 N–H and O–H groups in total. The van der Waals surface area contributed by atoms with E-state index in [2.05, 4.69) is 21.3 Å². The molecule has 0 bridgehead atoms. The van der Waals surface area contributed by atoms with Crippen molar-refractivity contribution < 1.29 is 19.1 Å². The smallest absolute Gasteiger partial charge is 0.289 e. The first-order valence-electron chi connectivity index (χ1n) is 10.4. The SMILES string of the molecule is O=C1Nc2ccc(CN3C(=O)CSC3=O)cc2[C@H]1Cc1cc(CN2CCOCC2)c[nH]1. The van der Waals surface area contributed by atoms with Gasteiger partial charge in [0, 0.05) is 43.6 Å². The summed E-state index contributed by atoms with van der Waals surface area (Å²) in [5, 5.41) is 2.74. The molecule has 2 saturated heterocycles. The van der Waals surface area contributed by atoms with Crippen molar-refractivity contribution in [3.8, 4) is 0 Å². The second kappa shape index (κ2) is 8.49. The van der Waals surface area contributed by atoms with E-state index < -0.39 is 0 Å². The summed E-state index contributed by atoms with van der Waals surface area (Å²) in [6.07, 6.45) is 2.58. The fraction of sp³-hybridized carbons (Fsp3) is 0.409. The molecule has 4 heterocycles. The Balaban J connectivity index is 1.29. The molecule has 162 valence electrons. The molecular weight excluding hydrogens is 416 g/mol. The molecule has 8 nitrogen and oxygen atoms in total. The molecule has 3 aliphatic heterocycles. The monoisotopic (exact) mass is 440 g/mol. The van der Waals surface area contributed by atoms with Crippen LogP contribution in [0.2, 0.25) is 0 Å². The van der Waals surface area contributed by atoms with Crippen LogP contribution < -0.4 is 5.32 Å². The Morgan fingerprint density at radius 1 is 1.06 bits per heavy atom. The summed E-state index contributed by atoms with van der Waals surface area (Å²) >= 11 is 1.03. The number of benzene rings is 1. The van der Waals surface area contributed by atoms with Gasteiger partial charge in [-0.3, -0.25) is 24.2 Å². The van der Waals surface area contributed by atoms with Crippen LogP contribution in [-0.2, 0) is 33.8 Å². The number of thioether (sulfide) groups is 1. The van der Waals surface area contributed by atoms with E-state index in [0.29, 0.717) is 6.42 Å². The minimum atomic E-state index is -0.302. The van der Waals surface area contributed by atoms with Gasteiger partial charge in [0.1, 0.15) is 0 Å². The number of ether oxygens (including phenoxy) is 1. The number of imide groups is 1. The zero-order valence-electron chi connectivity index (χ0n) is 17.1. The van der Waals surface area contributed by atoms with E-state index in [0.717, 1.165) is 67.1 Å². The van der Waals surface area contributed by atoms with Crippen molar-refractivity contribution in [2.75, 3.05) is 37.4 Å². The fourth-order valence-electron chi connectivity index (χ4n) is 4.33. The minimum Gasteiger partial charge on any atom is -0.379 e. The molecule has 0 radical (unpaired) electrons. The third-order valence-corrected chi connectivity index (χ3v) is 6.84. The quantitative estimate of drug-likeness (QED) is 0.716. The van der Waals surface area contributed by atoms with Gasteiger partial charge in [-0.15, -0.1) is 0 Å². The molecule has 9 heteroatoms. The second-order valence-corrected chi connectivity index (χ2v) is 9.05. The van der Waals surface area contributed by atoms with E-state index in [1.54, 1.807) is 0 Å². The van der Waals surface area contributed by atoms with Gasteiger partial charge in [-0.05, 0) is 28.8 Å². The van der Waals surface area contributed by atoms with Crippen molar-refractivity contribution in [2.45, 2.75) is 25.4 Å². The summed E-state index contributed by atoms with van der Waals surface area (Å²) in [7, 11) is 0. The Morgan fingerprint density at radius 3 is 2.68 bits per heavy atom. The summed E-state index contributed by atoms with van der Waals surface area (Å²) in [6, 6.07) is 7.79. The number of aromatic nitrogens is 1. The van der Waals surface area contributed by atoms with Crippen molar-refractivity contribution in [1.29, 1.82) is 0 Å². The van der Waals surface area contributed by atoms with Crippen LogP contribution in [0, 0.1) is 0 Å². The van der Waals surface area contributed by atoms with Gasteiger partial charge in [0.05, 0.1) is 31.4 Å². The standard InChI is InChI=1S/C22H24N4O4S/c27-20-13-31-22(29)26(20)12-14-1-2-19-17(8-14)18(21(28)24-19)9-16-7-15(10-23-16)11-25-3-5-30-6-4-25/h1-2,7-8,10,18,23H,3-6,9,11-13H2,(H,24,28)/t18-/m1/s1. The summed E-state index contributed by atoms with van der Waals surface area (Å²) in [6.45, 7) is 4.51. The molecule has 3 amide bonds. The summed E-state index contributed by atoms with van der Waals surface area (Å²) < 4.78 is 5.40. The fourth-order valence-corrected chi connectivity index (χ4v) is 5.06. The number of fused-ring (bicyclic) bond motifs is 1. The van der Waals surface area contributed by atoms with Gasteiger partial charge in [-0.1, -0.05) is 23.9 Å². The molecule has 0 aliphatic carbocycles. The highest BCUT2D eigenvalue weighted by Gasteiger charge is 2.33. The molecule has 2 aromatic rings. The van der Waals surface area contributed by atoms with Crippen LogP contribution >= 0.6 is 11.8 Å². The van der Waals surface area contributed by atoms with E-state index in [1.807, 2.05) is 24.4 Å². The molecule has 1 aromatic carbocycles. The normalized spacial score (nSPS) is 21.6. The van der Waals surface area contributed by atoms with Crippen LogP contribution in [-0.4, -0.2) is 63.9 Å². The highest BCUT2D eigenvalue weighted by Crippen LogP contribution is 2.36. The number of carbonyl (C=O) groups excluding carboxylic acids is 3. The zero-order valence-corrected chi connectivity index (χ0v) is 17.9. The maximum absolute atomic E-state index is 12.7. The Kier molecular flexibility index (Phi) is 5.56. The largest absolute Gasteiger partial charge is 0.379 e. The topological polar surface area (TPSA) is 94.7 Å². The first-order chi connectivity index (χ1) is 15.1. The molecular formula is C22H24N4O4S. The van der Waals surface area contributed by atoms with Gasteiger partial charge in [0.2, 0.25) is 11.8 Å². The van der Waals surface area contributed by atoms with Gasteiger partial charge in [-0.25, -0.2) is 0 Å². The Bertz CT molecular complexity index is 1010. The molecule has 1 atom stereocenters. The number of amides is 3. The highest BCUT2D eigenvalue weighted by atomic mass is 32.2. The van der Waals surface area contributed by atoms with Crippen molar-refractivity contribution in [1.82, 2.24) is 14.8 Å². The molecule has 31 heavy (non-hydrogen) atoms. The highest BCUT2D eigenvalue weighted by molar-refractivity contribution is 8.14. The van der Waals surface area contributed by atoms with Crippen molar-refractivity contribution >= 4 is 34.5 Å². The Hall–Kier alpha value is -2.62. The van der Waals surface area contributed by atoms with Gasteiger partial charge in [0.25, 0.3) is 5.24 Å².